The van der Waals surface area contributed by atoms with Crippen molar-refractivity contribution in [2.45, 2.75) is 39.0 Å². The van der Waals surface area contributed by atoms with E-state index >= 15 is 0 Å². The van der Waals surface area contributed by atoms with Crippen molar-refractivity contribution in [2.24, 2.45) is 5.92 Å². The number of carbonyl (C=O) groups is 1. The van der Waals surface area contributed by atoms with Crippen molar-refractivity contribution in [3.8, 4) is 0 Å². The van der Waals surface area contributed by atoms with Gasteiger partial charge in [0.15, 0.2) is 0 Å². The Hall–Kier alpha value is -0.940. The normalized spacial score (nSPS) is 20.3. The summed E-state index contributed by atoms with van der Waals surface area (Å²) in [5.74, 6) is 0.585. The predicted molar refractivity (Wildman–Crippen MR) is 78.7 cm³/mol. The van der Waals surface area contributed by atoms with E-state index in [2.05, 4.69) is 36.4 Å². The maximum absolute atomic E-state index is 12.3. The highest BCUT2D eigenvalue weighted by atomic mass is 32.1. The average molecular weight is 281 g/mol. The molecule has 2 N–H and O–H groups in total. The molecule has 1 fully saturated rings. The molecule has 0 saturated carbocycles. The lowest BCUT2D eigenvalue weighted by Gasteiger charge is -2.23. The van der Waals surface area contributed by atoms with E-state index in [4.69, 9.17) is 0 Å². The summed E-state index contributed by atoms with van der Waals surface area (Å²) in [4.78, 5) is 17.4. The zero-order chi connectivity index (χ0) is 13.9. The minimum Gasteiger partial charge on any atom is -0.351 e. The van der Waals surface area contributed by atoms with E-state index in [1.54, 1.807) is 5.51 Å². The Morgan fingerprint density at radius 2 is 2.37 bits per heavy atom. The number of carbonyl (C=O) groups excluding carboxylic acids is 1. The molecule has 1 aromatic rings. The third-order valence-corrected chi connectivity index (χ3v) is 4.26. The summed E-state index contributed by atoms with van der Waals surface area (Å²) in [5.41, 5.74) is 2.58. The Morgan fingerprint density at radius 1 is 1.58 bits per heavy atom. The van der Waals surface area contributed by atoms with Crippen LogP contribution in [0, 0.1) is 5.92 Å². The van der Waals surface area contributed by atoms with Crippen LogP contribution in [0.15, 0.2) is 5.51 Å². The average Bonchev–Trinajstić information content (AvgIpc) is 2.86. The van der Waals surface area contributed by atoms with Crippen LogP contribution in [-0.4, -0.2) is 30.5 Å². The van der Waals surface area contributed by atoms with Gasteiger partial charge < -0.3 is 10.6 Å². The van der Waals surface area contributed by atoms with Crippen molar-refractivity contribution in [1.29, 1.82) is 0 Å². The lowest BCUT2D eigenvalue weighted by molar-refractivity contribution is 0.0946. The molecule has 0 aromatic carbocycles. The lowest BCUT2D eigenvalue weighted by atomic mass is 9.91. The minimum atomic E-state index is -0.0843. The van der Waals surface area contributed by atoms with Gasteiger partial charge in [-0.1, -0.05) is 20.8 Å². The zero-order valence-electron chi connectivity index (χ0n) is 12.0. The first-order chi connectivity index (χ1) is 8.98. The minimum absolute atomic E-state index is 0.0259. The van der Waals surface area contributed by atoms with E-state index in [0.717, 1.165) is 30.2 Å². The second kappa shape index (κ2) is 6.01. The van der Waals surface area contributed by atoms with Gasteiger partial charge in [-0.2, -0.15) is 0 Å². The molecule has 1 unspecified atom stereocenters. The number of rotatable bonds is 3. The highest BCUT2D eigenvalue weighted by Crippen LogP contribution is 2.27. The van der Waals surface area contributed by atoms with Crippen LogP contribution < -0.4 is 10.6 Å². The van der Waals surface area contributed by atoms with Gasteiger partial charge in [0.2, 0.25) is 0 Å². The van der Waals surface area contributed by atoms with Crippen molar-refractivity contribution < 1.29 is 4.79 Å². The first-order valence-electron chi connectivity index (χ1n) is 6.91. The Bertz CT molecular complexity index is 430. The van der Waals surface area contributed by atoms with Crippen molar-refractivity contribution in [1.82, 2.24) is 15.6 Å². The van der Waals surface area contributed by atoms with Gasteiger partial charge in [0.1, 0.15) is 4.88 Å². The maximum atomic E-state index is 12.3. The first kappa shape index (κ1) is 14.5. The lowest BCUT2D eigenvalue weighted by Crippen LogP contribution is -2.38. The maximum Gasteiger partial charge on any atom is 0.263 e. The van der Waals surface area contributed by atoms with E-state index in [1.165, 1.54) is 24.2 Å². The van der Waals surface area contributed by atoms with E-state index in [0.29, 0.717) is 5.92 Å². The molecule has 0 spiro atoms. The number of aromatic nitrogens is 1. The van der Waals surface area contributed by atoms with Crippen LogP contribution >= 0.6 is 11.3 Å². The number of amides is 1. The second-order valence-electron chi connectivity index (χ2n) is 6.20. The largest absolute Gasteiger partial charge is 0.351 e. The van der Waals surface area contributed by atoms with Gasteiger partial charge in [-0.15, -0.1) is 11.3 Å². The van der Waals surface area contributed by atoms with Gasteiger partial charge in [-0.3, -0.25) is 4.79 Å². The van der Waals surface area contributed by atoms with Gasteiger partial charge in [0, 0.05) is 12.0 Å². The molecule has 19 heavy (non-hydrogen) atoms. The summed E-state index contributed by atoms with van der Waals surface area (Å²) in [5, 5.41) is 6.43. The number of nitrogens with zero attached hydrogens (tertiary/aromatic N) is 1. The molecular weight excluding hydrogens is 258 g/mol. The SMILES string of the molecule is CC(C)(C)c1ncsc1C(=O)NCC1CCCNC1. The summed E-state index contributed by atoms with van der Waals surface area (Å²) >= 11 is 1.43. The Balaban J connectivity index is 1.94. The van der Waals surface area contributed by atoms with Crippen molar-refractivity contribution >= 4 is 17.2 Å². The third kappa shape index (κ3) is 3.76. The van der Waals surface area contributed by atoms with Crippen molar-refractivity contribution in [2.75, 3.05) is 19.6 Å². The number of thiazole rings is 1. The van der Waals surface area contributed by atoms with Crippen LogP contribution in [-0.2, 0) is 5.41 Å². The fourth-order valence-corrected chi connectivity index (χ4v) is 3.27. The van der Waals surface area contributed by atoms with Crippen molar-refractivity contribution in [3.63, 3.8) is 0 Å². The van der Waals surface area contributed by atoms with Crippen LogP contribution in [0.25, 0.3) is 0 Å². The summed E-state index contributed by atoms with van der Waals surface area (Å²) < 4.78 is 0. The highest BCUT2D eigenvalue weighted by molar-refractivity contribution is 7.11. The molecule has 5 heteroatoms. The summed E-state index contributed by atoms with van der Waals surface area (Å²) in [6, 6.07) is 0. The number of hydrogen-bond acceptors (Lipinski definition) is 4. The molecule has 1 amide bonds. The first-order valence-corrected chi connectivity index (χ1v) is 7.79. The molecular formula is C14H23N3OS. The van der Waals surface area contributed by atoms with Gasteiger partial charge in [-0.25, -0.2) is 4.98 Å². The molecule has 0 aliphatic carbocycles. The molecule has 1 saturated heterocycles. The summed E-state index contributed by atoms with van der Waals surface area (Å²) in [7, 11) is 0. The molecule has 2 rings (SSSR count). The Morgan fingerprint density at radius 3 is 3.00 bits per heavy atom. The molecule has 0 bridgehead atoms. The van der Waals surface area contributed by atoms with Gasteiger partial charge in [-0.05, 0) is 31.8 Å². The highest BCUT2D eigenvalue weighted by Gasteiger charge is 2.25. The fraction of sp³-hybridized carbons (Fsp3) is 0.714. The number of hydrogen-bond donors (Lipinski definition) is 2. The van der Waals surface area contributed by atoms with Crippen LogP contribution in [0.1, 0.15) is 49.0 Å². The molecule has 1 aliphatic rings. The smallest absolute Gasteiger partial charge is 0.263 e. The molecule has 106 valence electrons. The van der Waals surface area contributed by atoms with E-state index in [-0.39, 0.29) is 11.3 Å². The molecule has 2 heterocycles. The molecule has 1 atom stereocenters. The van der Waals surface area contributed by atoms with Crippen LogP contribution in [0.2, 0.25) is 0 Å². The zero-order valence-corrected chi connectivity index (χ0v) is 12.8. The van der Waals surface area contributed by atoms with Crippen LogP contribution in [0.5, 0.6) is 0 Å². The number of piperidine rings is 1. The van der Waals surface area contributed by atoms with Gasteiger partial charge in [0.25, 0.3) is 5.91 Å². The summed E-state index contributed by atoms with van der Waals surface area (Å²) in [6.07, 6.45) is 2.40. The standard InChI is InChI=1S/C14H23N3OS/c1-14(2,3)12-11(19-9-17-12)13(18)16-8-10-5-4-6-15-7-10/h9-10,15H,4-8H2,1-3H3,(H,16,18). The summed E-state index contributed by atoms with van der Waals surface area (Å²) in [6.45, 7) is 9.13. The topological polar surface area (TPSA) is 54.0 Å². The predicted octanol–water partition coefficient (Wildman–Crippen LogP) is 2.17. The molecule has 0 radical (unpaired) electrons. The van der Waals surface area contributed by atoms with Crippen LogP contribution in [0.4, 0.5) is 0 Å². The van der Waals surface area contributed by atoms with Crippen LogP contribution in [0.3, 0.4) is 0 Å². The molecule has 4 nitrogen and oxygen atoms in total. The Labute approximate surface area is 119 Å². The fourth-order valence-electron chi connectivity index (χ4n) is 2.36. The van der Waals surface area contributed by atoms with E-state index in [1.807, 2.05) is 0 Å². The van der Waals surface area contributed by atoms with E-state index in [9.17, 15) is 4.79 Å². The van der Waals surface area contributed by atoms with Gasteiger partial charge >= 0.3 is 0 Å². The number of nitrogens with one attached hydrogen (secondary N) is 2. The monoisotopic (exact) mass is 281 g/mol. The molecule has 1 aromatic heterocycles. The Kier molecular flexibility index (Phi) is 4.58. The second-order valence-corrected chi connectivity index (χ2v) is 7.06. The third-order valence-electron chi connectivity index (χ3n) is 3.43. The molecule has 1 aliphatic heterocycles. The quantitative estimate of drug-likeness (QED) is 0.893. The van der Waals surface area contributed by atoms with Gasteiger partial charge in [0.05, 0.1) is 11.2 Å². The van der Waals surface area contributed by atoms with Crippen molar-refractivity contribution in [3.05, 3.63) is 16.1 Å². The van der Waals surface area contributed by atoms with E-state index < -0.39 is 0 Å².